The van der Waals surface area contributed by atoms with Crippen LogP contribution in [0, 0.1) is 0 Å². The summed E-state index contributed by atoms with van der Waals surface area (Å²) in [6.07, 6.45) is 9.53. The van der Waals surface area contributed by atoms with Gasteiger partial charge in [-0.15, -0.1) is 0 Å². The number of hydrogen-bond acceptors (Lipinski definition) is 1. The van der Waals surface area contributed by atoms with Crippen LogP contribution in [0.25, 0.3) is 0 Å². The second kappa shape index (κ2) is 10.1. The van der Waals surface area contributed by atoms with Crippen molar-refractivity contribution >= 4 is 11.8 Å². The lowest BCUT2D eigenvalue weighted by Gasteiger charge is -2.15. The molecule has 0 heterocycles. The van der Waals surface area contributed by atoms with Crippen molar-refractivity contribution in [2.45, 2.75) is 82.4 Å². The fourth-order valence-corrected chi connectivity index (χ4v) is 2.69. The predicted octanol–water partition coefficient (Wildman–Crippen LogP) is 6.16. The Bertz CT molecular complexity index is 169. The standard InChI is InChI=1S/C13H25F3S/c1-3-5-6-7-8-9-10-11-12(4-2)17-13(14,15)16/h12H,3-11H2,1-2H3. The maximum absolute atomic E-state index is 12.2. The molecular formula is C13H25F3S. The third-order valence-electron chi connectivity index (χ3n) is 2.89. The van der Waals surface area contributed by atoms with Crippen molar-refractivity contribution in [1.82, 2.24) is 0 Å². The van der Waals surface area contributed by atoms with Crippen LogP contribution >= 0.6 is 11.8 Å². The van der Waals surface area contributed by atoms with E-state index in [0.29, 0.717) is 12.8 Å². The molecule has 17 heavy (non-hydrogen) atoms. The highest BCUT2D eigenvalue weighted by atomic mass is 32.2. The monoisotopic (exact) mass is 270 g/mol. The van der Waals surface area contributed by atoms with Gasteiger partial charge in [0, 0.05) is 5.25 Å². The molecule has 0 fully saturated rings. The van der Waals surface area contributed by atoms with E-state index in [1.54, 1.807) is 0 Å². The van der Waals surface area contributed by atoms with E-state index >= 15 is 0 Å². The first kappa shape index (κ1) is 17.1. The van der Waals surface area contributed by atoms with Crippen molar-refractivity contribution in [3.05, 3.63) is 0 Å². The molecule has 0 spiro atoms. The third kappa shape index (κ3) is 12.4. The molecule has 0 aliphatic carbocycles. The molecule has 1 atom stereocenters. The molecule has 0 saturated heterocycles. The normalized spacial score (nSPS) is 13.9. The quantitative estimate of drug-likeness (QED) is 0.428. The summed E-state index contributed by atoms with van der Waals surface area (Å²) in [6, 6.07) is 0. The summed E-state index contributed by atoms with van der Waals surface area (Å²) < 4.78 is 36.5. The summed E-state index contributed by atoms with van der Waals surface area (Å²) in [4.78, 5) is 0. The van der Waals surface area contributed by atoms with Crippen LogP contribution in [0.2, 0.25) is 0 Å². The van der Waals surface area contributed by atoms with Gasteiger partial charge in [0.25, 0.3) is 0 Å². The molecule has 0 aliphatic rings. The van der Waals surface area contributed by atoms with Crippen molar-refractivity contribution in [1.29, 1.82) is 0 Å². The zero-order chi connectivity index (χ0) is 13.1. The van der Waals surface area contributed by atoms with Crippen LogP contribution < -0.4 is 0 Å². The van der Waals surface area contributed by atoms with Gasteiger partial charge >= 0.3 is 5.51 Å². The first-order chi connectivity index (χ1) is 7.99. The molecule has 0 radical (unpaired) electrons. The number of alkyl halides is 3. The molecule has 0 bridgehead atoms. The summed E-state index contributed by atoms with van der Waals surface area (Å²) >= 11 is 0.174. The van der Waals surface area contributed by atoms with Gasteiger partial charge in [0.05, 0.1) is 0 Å². The van der Waals surface area contributed by atoms with E-state index in [9.17, 15) is 13.2 Å². The van der Waals surface area contributed by atoms with Crippen LogP contribution in [0.4, 0.5) is 13.2 Å². The van der Waals surface area contributed by atoms with Crippen LogP contribution in [0.15, 0.2) is 0 Å². The highest BCUT2D eigenvalue weighted by Crippen LogP contribution is 2.37. The average molecular weight is 270 g/mol. The lowest BCUT2D eigenvalue weighted by molar-refractivity contribution is -0.0334. The van der Waals surface area contributed by atoms with Crippen molar-refractivity contribution < 1.29 is 13.2 Å². The van der Waals surface area contributed by atoms with Gasteiger partial charge in [-0.05, 0) is 24.6 Å². The molecule has 0 N–H and O–H groups in total. The van der Waals surface area contributed by atoms with E-state index < -0.39 is 5.51 Å². The Morgan fingerprint density at radius 2 is 1.41 bits per heavy atom. The van der Waals surface area contributed by atoms with Crippen molar-refractivity contribution in [3.63, 3.8) is 0 Å². The minimum atomic E-state index is -4.07. The van der Waals surface area contributed by atoms with Gasteiger partial charge < -0.3 is 0 Å². The predicted molar refractivity (Wildman–Crippen MR) is 70.3 cm³/mol. The van der Waals surface area contributed by atoms with Crippen molar-refractivity contribution in [3.8, 4) is 0 Å². The Morgan fingerprint density at radius 1 is 0.882 bits per heavy atom. The first-order valence-corrected chi connectivity index (χ1v) is 7.62. The fourth-order valence-electron chi connectivity index (χ4n) is 1.86. The Balaban J connectivity index is 3.44. The number of halogens is 3. The zero-order valence-electron chi connectivity index (χ0n) is 11.0. The first-order valence-electron chi connectivity index (χ1n) is 6.74. The number of thioether (sulfide) groups is 1. The molecule has 0 amide bonds. The summed E-state index contributed by atoms with van der Waals surface area (Å²) in [5, 5.41) is -0.245. The molecule has 1 unspecified atom stereocenters. The number of rotatable bonds is 10. The SMILES string of the molecule is CCCCCCCCCC(CC)SC(F)(F)F. The molecule has 0 rings (SSSR count). The van der Waals surface area contributed by atoms with Gasteiger partial charge in [0.2, 0.25) is 0 Å². The molecule has 0 nitrogen and oxygen atoms in total. The van der Waals surface area contributed by atoms with Crippen LogP contribution in [0.5, 0.6) is 0 Å². The van der Waals surface area contributed by atoms with Gasteiger partial charge in [0.1, 0.15) is 0 Å². The Hall–Kier alpha value is 0.140. The summed E-state index contributed by atoms with van der Waals surface area (Å²) in [6.45, 7) is 4.02. The molecule has 0 saturated carbocycles. The van der Waals surface area contributed by atoms with Crippen LogP contribution in [-0.4, -0.2) is 10.8 Å². The summed E-state index contributed by atoms with van der Waals surface area (Å²) in [5.74, 6) is 0. The molecule has 0 aromatic carbocycles. The second-order valence-corrected chi connectivity index (χ2v) is 5.87. The summed E-state index contributed by atoms with van der Waals surface area (Å²) in [5.41, 5.74) is -4.07. The van der Waals surface area contributed by atoms with Gasteiger partial charge in [-0.25, -0.2) is 0 Å². The van der Waals surface area contributed by atoms with Crippen LogP contribution in [-0.2, 0) is 0 Å². The molecule has 0 aromatic heterocycles. The highest BCUT2D eigenvalue weighted by molar-refractivity contribution is 8.00. The maximum Gasteiger partial charge on any atom is 0.442 e. The topological polar surface area (TPSA) is 0 Å². The third-order valence-corrected chi connectivity index (χ3v) is 4.05. The van der Waals surface area contributed by atoms with Crippen LogP contribution in [0.3, 0.4) is 0 Å². The van der Waals surface area contributed by atoms with E-state index in [1.807, 2.05) is 6.92 Å². The zero-order valence-corrected chi connectivity index (χ0v) is 11.8. The van der Waals surface area contributed by atoms with Crippen molar-refractivity contribution in [2.24, 2.45) is 0 Å². The molecule has 0 aromatic rings. The number of unbranched alkanes of at least 4 members (excludes halogenated alkanes) is 6. The smallest absolute Gasteiger partial charge is 0.160 e. The lowest BCUT2D eigenvalue weighted by Crippen LogP contribution is -2.11. The molecule has 104 valence electrons. The lowest BCUT2D eigenvalue weighted by atomic mass is 10.1. The molecular weight excluding hydrogens is 245 g/mol. The van der Waals surface area contributed by atoms with E-state index in [1.165, 1.54) is 32.1 Å². The Kier molecular flexibility index (Phi) is 10.2. The van der Waals surface area contributed by atoms with Crippen molar-refractivity contribution in [2.75, 3.05) is 0 Å². The summed E-state index contributed by atoms with van der Waals surface area (Å²) in [7, 11) is 0. The minimum absolute atomic E-state index is 0.174. The Labute approximate surface area is 108 Å². The maximum atomic E-state index is 12.2. The van der Waals surface area contributed by atoms with Gasteiger partial charge in [-0.2, -0.15) is 13.2 Å². The van der Waals surface area contributed by atoms with Crippen LogP contribution in [0.1, 0.15) is 71.6 Å². The Morgan fingerprint density at radius 3 is 1.88 bits per heavy atom. The molecule has 0 aliphatic heterocycles. The van der Waals surface area contributed by atoms with Gasteiger partial charge in [-0.3, -0.25) is 0 Å². The average Bonchev–Trinajstić information content (AvgIpc) is 2.24. The van der Waals surface area contributed by atoms with E-state index in [0.717, 1.165) is 12.8 Å². The number of hydrogen-bond donors (Lipinski definition) is 0. The molecule has 4 heteroatoms. The highest BCUT2D eigenvalue weighted by Gasteiger charge is 2.31. The second-order valence-electron chi connectivity index (χ2n) is 4.50. The largest absolute Gasteiger partial charge is 0.442 e. The minimum Gasteiger partial charge on any atom is -0.160 e. The van der Waals surface area contributed by atoms with E-state index in [2.05, 4.69) is 6.92 Å². The van der Waals surface area contributed by atoms with Gasteiger partial charge in [0.15, 0.2) is 0 Å². The fraction of sp³-hybridized carbons (Fsp3) is 1.00. The van der Waals surface area contributed by atoms with Gasteiger partial charge in [-0.1, -0.05) is 58.8 Å². The van der Waals surface area contributed by atoms with E-state index in [4.69, 9.17) is 0 Å². The van der Waals surface area contributed by atoms with E-state index in [-0.39, 0.29) is 17.0 Å².